The maximum atomic E-state index is 13.0. The van der Waals surface area contributed by atoms with Gasteiger partial charge in [-0.1, -0.05) is 0 Å². The molecule has 1 aromatic heterocycles. The number of methoxy groups -OCH3 is 1. The second kappa shape index (κ2) is 4.47. The van der Waals surface area contributed by atoms with Crippen LogP contribution in [0.2, 0.25) is 0 Å². The molecule has 4 heteroatoms. The zero-order valence-electron chi connectivity index (χ0n) is 9.45. The Morgan fingerprint density at radius 1 is 1.56 bits per heavy atom. The van der Waals surface area contributed by atoms with Gasteiger partial charge in [0.15, 0.2) is 0 Å². The van der Waals surface area contributed by atoms with Gasteiger partial charge in [0, 0.05) is 19.3 Å². The van der Waals surface area contributed by atoms with Crippen molar-refractivity contribution < 1.29 is 9.13 Å². The molecular weight excluding hydrogens is 207 g/mol. The van der Waals surface area contributed by atoms with Crippen molar-refractivity contribution in [3.8, 4) is 0 Å². The first kappa shape index (κ1) is 11.5. The number of hydrogen-bond acceptors (Lipinski definition) is 3. The minimum atomic E-state index is -0.340. The van der Waals surface area contributed by atoms with Gasteiger partial charge in [0.05, 0.1) is 11.8 Å². The van der Waals surface area contributed by atoms with Gasteiger partial charge < -0.3 is 10.5 Å². The van der Waals surface area contributed by atoms with Gasteiger partial charge in [-0.2, -0.15) is 0 Å². The third kappa shape index (κ3) is 2.23. The number of aromatic nitrogens is 1. The third-order valence-corrected chi connectivity index (χ3v) is 3.44. The van der Waals surface area contributed by atoms with Crippen LogP contribution in [0.1, 0.15) is 37.3 Å². The fraction of sp³-hybridized carbons (Fsp3) is 0.583. The van der Waals surface area contributed by atoms with Crippen molar-refractivity contribution in [2.75, 3.05) is 7.11 Å². The molecule has 1 aliphatic rings. The van der Waals surface area contributed by atoms with Crippen LogP contribution < -0.4 is 5.73 Å². The van der Waals surface area contributed by atoms with E-state index in [0.717, 1.165) is 24.8 Å². The quantitative estimate of drug-likeness (QED) is 0.852. The first-order chi connectivity index (χ1) is 7.65. The zero-order chi connectivity index (χ0) is 11.6. The van der Waals surface area contributed by atoms with Crippen LogP contribution in [0, 0.1) is 5.82 Å². The molecule has 88 valence electrons. The molecule has 1 saturated carbocycles. The summed E-state index contributed by atoms with van der Waals surface area (Å²) in [6.45, 7) is 0. The van der Waals surface area contributed by atoms with Gasteiger partial charge >= 0.3 is 0 Å². The Kier molecular flexibility index (Phi) is 3.21. The fourth-order valence-electron chi connectivity index (χ4n) is 2.21. The van der Waals surface area contributed by atoms with Crippen molar-refractivity contribution in [1.29, 1.82) is 0 Å². The number of halogens is 1. The molecule has 0 spiro atoms. The maximum Gasteiger partial charge on any atom is 0.141 e. The second-order valence-corrected chi connectivity index (χ2v) is 4.49. The smallest absolute Gasteiger partial charge is 0.141 e. The SMILES string of the molecule is COC1(CC(N)c2cncc(F)c2)CCC1. The van der Waals surface area contributed by atoms with Gasteiger partial charge in [-0.05, 0) is 37.3 Å². The van der Waals surface area contributed by atoms with Crippen LogP contribution in [0.15, 0.2) is 18.5 Å². The number of nitrogens with zero attached hydrogens (tertiary/aromatic N) is 1. The molecule has 2 N–H and O–H groups in total. The van der Waals surface area contributed by atoms with E-state index >= 15 is 0 Å². The molecule has 1 unspecified atom stereocenters. The molecule has 1 heterocycles. The lowest BCUT2D eigenvalue weighted by Gasteiger charge is -2.42. The lowest BCUT2D eigenvalue weighted by molar-refractivity contribution is -0.0817. The highest BCUT2D eigenvalue weighted by Gasteiger charge is 2.38. The number of nitrogens with two attached hydrogens (primary N) is 1. The molecule has 1 aliphatic carbocycles. The Morgan fingerprint density at radius 3 is 2.81 bits per heavy atom. The molecule has 2 rings (SSSR count). The highest BCUT2D eigenvalue weighted by molar-refractivity contribution is 5.15. The first-order valence-corrected chi connectivity index (χ1v) is 5.56. The summed E-state index contributed by atoms with van der Waals surface area (Å²) in [7, 11) is 1.72. The summed E-state index contributed by atoms with van der Waals surface area (Å²) in [5.74, 6) is -0.340. The predicted molar refractivity (Wildman–Crippen MR) is 59.3 cm³/mol. The zero-order valence-corrected chi connectivity index (χ0v) is 9.45. The molecule has 0 aliphatic heterocycles. The molecule has 0 aromatic carbocycles. The van der Waals surface area contributed by atoms with Crippen LogP contribution in [-0.2, 0) is 4.74 Å². The molecule has 1 atom stereocenters. The summed E-state index contributed by atoms with van der Waals surface area (Å²) in [5.41, 5.74) is 6.70. The van der Waals surface area contributed by atoms with E-state index in [9.17, 15) is 4.39 Å². The first-order valence-electron chi connectivity index (χ1n) is 5.56. The Hall–Kier alpha value is -1.00. The Morgan fingerprint density at radius 2 is 2.31 bits per heavy atom. The number of hydrogen-bond donors (Lipinski definition) is 1. The predicted octanol–water partition coefficient (Wildman–Crippen LogP) is 2.18. The maximum absolute atomic E-state index is 13.0. The number of ether oxygens (including phenoxy) is 1. The second-order valence-electron chi connectivity index (χ2n) is 4.49. The monoisotopic (exact) mass is 224 g/mol. The van der Waals surface area contributed by atoms with Crippen molar-refractivity contribution >= 4 is 0 Å². The van der Waals surface area contributed by atoms with Gasteiger partial charge in [0.25, 0.3) is 0 Å². The lowest BCUT2D eigenvalue weighted by Crippen LogP contribution is -2.41. The summed E-state index contributed by atoms with van der Waals surface area (Å²) in [5, 5.41) is 0. The van der Waals surface area contributed by atoms with Crippen molar-refractivity contribution in [1.82, 2.24) is 4.98 Å². The third-order valence-electron chi connectivity index (χ3n) is 3.44. The van der Waals surface area contributed by atoms with Crippen LogP contribution in [-0.4, -0.2) is 17.7 Å². The average molecular weight is 224 g/mol. The molecule has 0 radical (unpaired) electrons. The largest absolute Gasteiger partial charge is 0.378 e. The van der Waals surface area contributed by atoms with Crippen molar-refractivity contribution in [3.63, 3.8) is 0 Å². The molecular formula is C12H17FN2O. The van der Waals surface area contributed by atoms with Crippen LogP contribution in [0.25, 0.3) is 0 Å². The van der Waals surface area contributed by atoms with Gasteiger partial charge in [0.2, 0.25) is 0 Å². The number of rotatable bonds is 4. The van der Waals surface area contributed by atoms with Crippen LogP contribution >= 0.6 is 0 Å². The fourth-order valence-corrected chi connectivity index (χ4v) is 2.21. The van der Waals surface area contributed by atoms with E-state index < -0.39 is 0 Å². The highest BCUT2D eigenvalue weighted by Crippen LogP contribution is 2.41. The van der Waals surface area contributed by atoms with Gasteiger partial charge in [-0.15, -0.1) is 0 Å². The molecule has 3 nitrogen and oxygen atoms in total. The van der Waals surface area contributed by atoms with E-state index in [2.05, 4.69) is 4.98 Å². The van der Waals surface area contributed by atoms with E-state index in [1.807, 2.05) is 0 Å². The topological polar surface area (TPSA) is 48.1 Å². The summed E-state index contributed by atoms with van der Waals surface area (Å²) < 4.78 is 18.5. The Labute approximate surface area is 94.8 Å². The summed E-state index contributed by atoms with van der Waals surface area (Å²) in [4.78, 5) is 3.81. The lowest BCUT2D eigenvalue weighted by atomic mass is 9.75. The van der Waals surface area contributed by atoms with Crippen molar-refractivity contribution in [2.45, 2.75) is 37.3 Å². The minimum absolute atomic E-state index is 0.0915. The van der Waals surface area contributed by atoms with Gasteiger partial charge in [-0.25, -0.2) is 4.39 Å². The minimum Gasteiger partial charge on any atom is -0.378 e. The normalized spacial score (nSPS) is 20.2. The standard InChI is InChI=1S/C12H17FN2O/c1-16-12(3-2-4-12)6-11(14)9-5-10(13)8-15-7-9/h5,7-8,11H,2-4,6,14H2,1H3. The molecule has 0 bridgehead atoms. The van der Waals surface area contributed by atoms with Crippen molar-refractivity contribution in [2.24, 2.45) is 5.73 Å². The molecule has 0 saturated heterocycles. The van der Waals surface area contributed by atoms with E-state index in [0.29, 0.717) is 0 Å². The molecule has 1 fully saturated rings. The summed E-state index contributed by atoms with van der Waals surface area (Å²) in [6.07, 6.45) is 6.80. The molecule has 16 heavy (non-hydrogen) atoms. The van der Waals surface area contributed by atoms with E-state index in [-0.39, 0.29) is 17.5 Å². The molecule has 1 aromatic rings. The van der Waals surface area contributed by atoms with Gasteiger partial charge in [-0.3, -0.25) is 4.98 Å². The number of pyridine rings is 1. The summed E-state index contributed by atoms with van der Waals surface area (Å²) in [6, 6.07) is 1.24. The van der Waals surface area contributed by atoms with E-state index in [1.165, 1.54) is 18.7 Å². The van der Waals surface area contributed by atoms with Crippen LogP contribution in [0.4, 0.5) is 4.39 Å². The molecule has 0 amide bonds. The Bertz CT molecular complexity index is 360. The van der Waals surface area contributed by atoms with Crippen LogP contribution in [0.3, 0.4) is 0 Å². The average Bonchev–Trinajstić information content (AvgIpc) is 2.23. The highest BCUT2D eigenvalue weighted by atomic mass is 19.1. The van der Waals surface area contributed by atoms with Crippen LogP contribution in [0.5, 0.6) is 0 Å². The van der Waals surface area contributed by atoms with Crippen molar-refractivity contribution in [3.05, 3.63) is 29.8 Å². The Balaban J connectivity index is 2.05. The summed E-state index contributed by atoms with van der Waals surface area (Å²) >= 11 is 0. The van der Waals surface area contributed by atoms with E-state index in [4.69, 9.17) is 10.5 Å². The van der Waals surface area contributed by atoms with E-state index in [1.54, 1.807) is 13.3 Å². The van der Waals surface area contributed by atoms with Gasteiger partial charge in [0.1, 0.15) is 5.82 Å².